The number of anilines is 1. The lowest BCUT2D eigenvalue weighted by molar-refractivity contribution is -0.384. The van der Waals surface area contributed by atoms with Gasteiger partial charge in [0.05, 0.1) is 17.2 Å². The maximum atomic E-state index is 12.7. The lowest BCUT2D eigenvalue weighted by atomic mass is 10.1. The number of carbonyl (C=O) groups excluding carboxylic acids is 1. The van der Waals surface area contributed by atoms with E-state index >= 15 is 0 Å². The number of carbonyl (C=O) groups is 1. The van der Waals surface area contributed by atoms with Gasteiger partial charge in [-0.15, -0.1) is 0 Å². The largest absolute Gasteiger partial charge is 0.478 e. The molecule has 0 spiro atoms. The van der Waals surface area contributed by atoms with E-state index in [0.717, 1.165) is 10.0 Å². The van der Waals surface area contributed by atoms with Crippen molar-refractivity contribution in [2.24, 2.45) is 0 Å². The summed E-state index contributed by atoms with van der Waals surface area (Å²) in [6.45, 7) is 2.21. The van der Waals surface area contributed by atoms with Crippen LogP contribution in [-0.4, -0.2) is 16.9 Å². The van der Waals surface area contributed by atoms with Crippen LogP contribution in [0.25, 0.3) is 0 Å². The molecule has 124 valence electrons. The van der Waals surface area contributed by atoms with E-state index in [4.69, 9.17) is 4.74 Å². The van der Waals surface area contributed by atoms with Crippen LogP contribution in [0.3, 0.4) is 0 Å². The third-order valence-electron chi connectivity index (χ3n) is 3.88. The Balaban J connectivity index is 2.02. The maximum absolute atomic E-state index is 12.7. The lowest BCUT2D eigenvalue weighted by Crippen LogP contribution is -2.45. The molecule has 1 aliphatic rings. The van der Waals surface area contributed by atoms with Gasteiger partial charge in [-0.25, -0.2) is 0 Å². The number of amides is 1. The normalized spacial score (nSPS) is 16.5. The Morgan fingerprint density at radius 1 is 1.25 bits per heavy atom. The molecule has 6 nitrogen and oxygen atoms in total. The minimum atomic E-state index is -0.575. The van der Waals surface area contributed by atoms with E-state index in [1.807, 2.05) is 31.2 Å². The monoisotopic (exact) mass is 390 g/mol. The predicted octanol–water partition coefficient (Wildman–Crippen LogP) is 4.06. The van der Waals surface area contributed by atoms with Crippen molar-refractivity contribution in [1.82, 2.24) is 0 Å². The molecule has 0 aliphatic carbocycles. The van der Waals surface area contributed by atoms with Gasteiger partial charge in [-0.3, -0.25) is 14.9 Å². The molecule has 0 N–H and O–H groups in total. The molecular weight excluding hydrogens is 376 g/mol. The van der Waals surface area contributed by atoms with Crippen molar-refractivity contribution >= 4 is 33.2 Å². The Morgan fingerprint density at radius 2 is 1.96 bits per heavy atom. The number of nitrogens with zero attached hydrogens (tertiary/aromatic N) is 2. The molecule has 0 radical (unpaired) electrons. The molecule has 1 aliphatic heterocycles. The van der Waals surface area contributed by atoms with Gasteiger partial charge in [0.15, 0.2) is 6.10 Å². The molecule has 2 aromatic rings. The molecule has 7 heteroatoms. The molecule has 0 saturated carbocycles. The van der Waals surface area contributed by atoms with E-state index in [1.165, 1.54) is 12.1 Å². The molecular formula is C17H15BrN2O4. The summed E-state index contributed by atoms with van der Waals surface area (Å²) in [5.41, 5.74) is 1.29. The highest BCUT2D eigenvalue weighted by molar-refractivity contribution is 9.10. The highest BCUT2D eigenvalue weighted by Crippen LogP contribution is 2.38. The standard InChI is InChI=1S/C17H15BrN2O4/c1-2-15-17(21)19(10-11-3-5-12(18)6-4-11)14-9-13(20(22)23)7-8-16(14)24-15/h3-9,15H,2,10H2,1H3. The number of hydrogen-bond donors (Lipinski definition) is 0. The summed E-state index contributed by atoms with van der Waals surface area (Å²) in [4.78, 5) is 24.8. The van der Waals surface area contributed by atoms with Crippen LogP contribution in [0.5, 0.6) is 5.75 Å². The van der Waals surface area contributed by atoms with Gasteiger partial charge in [0.25, 0.3) is 11.6 Å². The Morgan fingerprint density at radius 3 is 2.58 bits per heavy atom. The zero-order chi connectivity index (χ0) is 17.3. The molecule has 1 atom stereocenters. The number of hydrogen-bond acceptors (Lipinski definition) is 4. The van der Waals surface area contributed by atoms with Crippen LogP contribution in [0.15, 0.2) is 46.9 Å². The number of rotatable bonds is 4. The van der Waals surface area contributed by atoms with E-state index in [9.17, 15) is 14.9 Å². The van der Waals surface area contributed by atoms with Gasteiger partial charge in [0.2, 0.25) is 0 Å². The molecule has 1 amide bonds. The van der Waals surface area contributed by atoms with Crippen molar-refractivity contribution in [2.45, 2.75) is 26.0 Å². The van der Waals surface area contributed by atoms with Crippen molar-refractivity contribution in [3.63, 3.8) is 0 Å². The van der Waals surface area contributed by atoms with Crippen molar-refractivity contribution in [3.05, 3.63) is 62.6 Å². The summed E-state index contributed by atoms with van der Waals surface area (Å²) in [5.74, 6) is 0.303. The second-order valence-corrected chi connectivity index (χ2v) is 6.39. The van der Waals surface area contributed by atoms with Crippen LogP contribution in [0.1, 0.15) is 18.9 Å². The molecule has 24 heavy (non-hydrogen) atoms. The highest BCUT2D eigenvalue weighted by atomic mass is 79.9. The topological polar surface area (TPSA) is 72.7 Å². The third kappa shape index (κ3) is 3.12. The highest BCUT2D eigenvalue weighted by Gasteiger charge is 2.34. The molecule has 0 saturated heterocycles. The first-order chi connectivity index (χ1) is 11.5. The number of ether oxygens (including phenoxy) is 1. The third-order valence-corrected chi connectivity index (χ3v) is 4.41. The van der Waals surface area contributed by atoms with E-state index < -0.39 is 11.0 Å². The van der Waals surface area contributed by atoms with Gasteiger partial charge in [0.1, 0.15) is 5.75 Å². The minimum Gasteiger partial charge on any atom is -0.478 e. The SMILES string of the molecule is CCC1Oc2ccc([N+](=O)[O-])cc2N(Cc2ccc(Br)cc2)C1=O. The van der Waals surface area contributed by atoms with Crippen molar-refractivity contribution < 1.29 is 14.5 Å². The summed E-state index contributed by atoms with van der Waals surface area (Å²) in [5, 5.41) is 11.0. The van der Waals surface area contributed by atoms with Crippen LogP contribution < -0.4 is 9.64 Å². The van der Waals surface area contributed by atoms with E-state index in [1.54, 1.807) is 11.0 Å². The van der Waals surface area contributed by atoms with Gasteiger partial charge in [-0.1, -0.05) is 35.0 Å². The number of fused-ring (bicyclic) bond motifs is 1. The number of nitro benzene ring substituents is 1. The number of halogens is 1. The van der Waals surface area contributed by atoms with Crippen molar-refractivity contribution in [1.29, 1.82) is 0 Å². The maximum Gasteiger partial charge on any atom is 0.271 e. The van der Waals surface area contributed by atoms with Gasteiger partial charge in [-0.05, 0) is 30.2 Å². The molecule has 3 rings (SSSR count). The summed E-state index contributed by atoms with van der Waals surface area (Å²) in [7, 11) is 0. The molecule has 0 aromatic heterocycles. The predicted molar refractivity (Wildman–Crippen MR) is 93.1 cm³/mol. The first-order valence-corrected chi connectivity index (χ1v) is 8.30. The van der Waals surface area contributed by atoms with Crippen LogP contribution in [0.4, 0.5) is 11.4 Å². The van der Waals surface area contributed by atoms with Crippen molar-refractivity contribution in [3.8, 4) is 5.75 Å². The van der Waals surface area contributed by atoms with E-state index in [-0.39, 0.29) is 11.6 Å². The smallest absolute Gasteiger partial charge is 0.271 e. The van der Waals surface area contributed by atoms with Crippen LogP contribution in [0, 0.1) is 10.1 Å². The number of benzene rings is 2. The summed E-state index contributed by atoms with van der Waals surface area (Å²) >= 11 is 3.38. The molecule has 1 unspecified atom stereocenters. The molecule has 2 aromatic carbocycles. The summed E-state index contributed by atoms with van der Waals surface area (Å²) < 4.78 is 6.64. The average molecular weight is 391 g/mol. The Labute approximate surface area is 147 Å². The second-order valence-electron chi connectivity index (χ2n) is 5.47. The number of nitro groups is 1. The Hall–Kier alpha value is -2.41. The molecule has 0 fully saturated rings. The molecule has 1 heterocycles. The second kappa shape index (κ2) is 6.60. The van der Waals surface area contributed by atoms with Gasteiger partial charge in [0, 0.05) is 16.6 Å². The van der Waals surface area contributed by atoms with E-state index in [2.05, 4.69) is 15.9 Å². The van der Waals surface area contributed by atoms with Crippen LogP contribution in [-0.2, 0) is 11.3 Å². The lowest BCUT2D eigenvalue weighted by Gasteiger charge is -2.34. The van der Waals surface area contributed by atoms with Gasteiger partial charge < -0.3 is 9.64 Å². The quantitative estimate of drug-likeness (QED) is 0.582. The van der Waals surface area contributed by atoms with Crippen LogP contribution in [0.2, 0.25) is 0 Å². The zero-order valence-corrected chi connectivity index (χ0v) is 14.5. The summed E-state index contributed by atoms with van der Waals surface area (Å²) in [6, 6.07) is 11.9. The summed E-state index contributed by atoms with van der Waals surface area (Å²) in [6.07, 6.45) is -0.0408. The van der Waals surface area contributed by atoms with Crippen molar-refractivity contribution in [2.75, 3.05) is 4.90 Å². The Bertz CT molecular complexity index is 792. The first-order valence-electron chi connectivity index (χ1n) is 7.50. The van der Waals surface area contributed by atoms with Gasteiger partial charge in [-0.2, -0.15) is 0 Å². The number of non-ortho nitro benzene ring substituents is 1. The van der Waals surface area contributed by atoms with Crippen LogP contribution >= 0.6 is 15.9 Å². The fraction of sp³-hybridized carbons (Fsp3) is 0.235. The fourth-order valence-corrected chi connectivity index (χ4v) is 2.88. The van der Waals surface area contributed by atoms with E-state index in [0.29, 0.717) is 24.4 Å². The Kier molecular flexibility index (Phi) is 4.53. The van der Waals surface area contributed by atoms with Gasteiger partial charge >= 0.3 is 0 Å². The zero-order valence-electron chi connectivity index (χ0n) is 12.9. The molecule has 0 bridgehead atoms. The minimum absolute atomic E-state index is 0.0686. The fourth-order valence-electron chi connectivity index (χ4n) is 2.62. The first kappa shape index (κ1) is 16.4. The average Bonchev–Trinajstić information content (AvgIpc) is 2.58.